The molecule has 4 aliphatic rings. The number of rotatable bonds is 9. The molecule has 13 heteroatoms. The number of carbonyl (C=O) groups excluding carboxylic acids is 2. The molecule has 4 heterocycles. The largest absolute Gasteiger partial charge is 0.496 e. The monoisotopic (exact) mass is 569 g/mol. The number of ether oxygens (including phenoxy) is 3. The van der Waals surface area contributed by atoms with Gasteiger partial charge in [-0.15, -0.1) is 4.80 Å². The zero-order chi connectivity index (χ0) is 28.0. The predicted molar refractivity (Wildman–Crippen MR) is 143 cm³/mol. The van der Waals surface area contributed by atoms with Crippen LogP contribution in [-0.2, 0) is 19.1 Å². The highest BCUT2D eigenvalue weighted by Gasteiger charge is 2.65. The minimum atomic E-state index is -1.53. The number of aliphatic carboxylic acids is 1. The summed E-state index contributed by atoms with van der Waals surface area (Å²) in [5.41, 5.74) is -0.0688. The first kappa shape index (κ1) is 26.8. The molecule has 0 spiro atoms. The van der Waals surface area contributed by atoms with Gasteiger partial charge in [0, 0.05) is 18.8 Å². The highest BCUT2D eigenvalue weighted by molar-refractivity contribution is 8.08. The van der Waals surface area contributed by atoms with Gasteiger partial charge in [-0.2, -0.15) is 10.2 Å². The maximum absolute atomic E-state index is 14.2. The number of carbonyl (C=O) groups is 3. The second-order valence-electron chi connectivity index (χ2n) is 10.4. The van der Waals surface area contributed by atoms with Gasteiger partial charge < -0.3 is 24.2 Å². The quantitative estimate of drug-likeness (QED) is 0.480. The van der Waals surface area contributed by atoms with Crippen molar-refractivity contribution in [3.63, 3.8) is 0 Å². The van der Waals surface area contributed by atoms with Gasteiger partial charge in [0.25, 0.3) is 0 Å². The number of imide groups is 1. The first-order valence-electron chi connectivity index (χ1n) is 13.3. The van der Waals surface area contributed by atoms with Gasteiger partial charge in [-0.05, 0) is 44.2 Å². The third-order valence-electron chi connectivity index (χ3n) is 8.08. The molecule has 2 aromatic rings. The van der Waals surface area contributed by atoms with E-state index in [-0.39, 0.29) is 25.5 Å². The molecule has 2 unspecified atom stereocenters. The lowest BCUT2D eigenvalue weighted by Gasteiger charge is -2.45. The summed E-state index contributed by atoms with van der Waals surface area (Å²) >= 11 is 1.33. The predicted octanol–water partition coefficient (Wildman–Crippen LogP) is 2.98. The highest BCUT2D eigenvalue weighted by Crippen LogP contribution is 2.53. The minimum Gasteiger partial charge on any atom is -0.496 e. The third kappa shape index (κ3) is 4.45. The van der Waals surface area contributed by atoms with E-state index in [4.69, 9.17) is 14.2 Å². The van der Waals surface area contributed by atoms with E-state index in [0.717, 1.165) is 10.5 Å². The van der Waals surface area contributed by atoms with Crippen molar-refractivity contribution in [1.29, 1.82) is 0 Å². The van der Waals surface area contributed by atoms with Crippen LogP contribution in [0.4, 0.5) is 4.79 Å². The Morgan fingerprint density at radius 2 is 1.90 bits per heavy atom. The number of amides is 3. The molecule has 1 saturated carbocycles. The van der Waals surface area contributed by atoms with Crippen LogP contribution >= 0.6 is 11.8 Å². The van der Waals surface area contributed by atoms with Crippen molar-refractivity contribution in [3.8, 4) is 5.75 Å². The molecule has 6 rings (SSSR count). The average Bonchev–Trinajstić information content (AvgIpc) is 3.42. The molecule has 3 amide bonds. The molecule has 1 N–H and O–H groups in total. The van der Waals surface area contributed by atoms with E-state index in [9.17, 15) is 19.5 Å². The first-order chi connectivity index (χ1) is 19.4. The average molecular weight is 570 g/mol. The van der Waals surface area contributed by atoms with Crippen molar-refractivity contribution >= 4 is 34.7 Å². The molecule has 40 heavy (non-hydrogen) atoms. The molecule has 3 atom stereocenters. The lowest BCUT2D eigenvalue weighted by Crippen LogP contribution is -2.65. The van der Waals surface area contributed by atoms with Crippen LogP contribution < -0.4 is 4.74 Å². The maximum atomic E-state index is 14.2. The Bertz CT molecular complexity index is 1340. The van der Waals surface area contributed by atoms with Crippen LogP contribution in [0.5, 0.6) is 5.75 Å². The number of thioether (sulfide) groups is 1. The van der Waals surface area contributed by atoms with Gasteiger partial charge in [0.2, 0.25) is 5.91 Å². The van der Waals surface area contributed by atoms with Crippen LogP contribution in [0, 0.1) is 5.92 Å². The van der Waals surface area contributed by atoms with Crippen LogP contribution in [0.1, 0.15) is 44.3 Å². The number of fused-ring (bicyclic) bond motifs is 1. The molecule has 1 aromatic carbocycles. The van der Waals surface area contributed by atoms with Gasteiger partial charge in [0.1, 0.15) is 27.8 Å². The van der Waals surface area contributed by atoms with Gasteiger partial charge in [-0.1, -0.05) is 30.0 Å². The van der Waals surface area contributed by atoms with Gasteiger partial charge in [0.15, 0.2) is 0 Å². The Labute approximate surface area is 235 Å². The van der Waals surface area contributed by atoms with Crippen LogP contribution in [0.2, 0.25) is 0 Å². The topological polar surface area (TPSA) is 136 Å². The Morgan fingerprint density at radius 1 is 1.20 bits per heavy atom. The fourth-order valence-corrected chi connectivity index (χ4v) is 7.26. The van der Waals surface area contributed by atoms with Crippen LogP contribution in [0.15, 0.2) is 42.2 Å². The number of benzene rings is 1. The van der Waals surface area contributed by atoms with Crippen LogP contribution in [0.25, 0.3) is 5.03 Å². The number of para-hydroxylation sites is 1. The number of hydrogen-bond donors (Lipinski definition) is 1. The molecule has 1 aliphatic carbocycles. The maximum Gasteiger partial charge on any atom is 0.330 e. The van der Waals surface area contributed by atoms with E-state index in [1.165, 1.54) is 16.6 Å². The van der Waals surface area contributed by atoms with Gasteiger partial charge in [-0.25, -0.2) is 14.5 Å². The normalized spacial score (nSPS) is 25.2. The van der Waals surface area contributed by atoms with Crippen molar-refractivity contribution in [2.24, 2.45) is 5.92 Å². The fourth-order valence-electron chi connectivity index (χ4n) is 5.77. The molecule has 12 nitrogen and oxygen atoms in total. The van der Waals surface area contributed by atoms with Crippen LogP contribution in [-0.4, -0.2) is 91.7 Å². The number of nitrogens with zero attached hydrogens (tertiary/aromatic N) is 5. The van der Waals surface area contributed by atoms with Gasteiger partial charge >= 0.3 is 12.0 Å². The number of aromatic nitrogens is 3. The molecule has 0 bridgehead atoms. The second kappa shape index (κ2) is 10.5. The number of hydrogen-bond acceptors (Lipinski definition) is 9. The summed E-state index contributed by atoms with van der Waals surface area (Å²) in [7, 11) is 1.58. The van der Waals surface area contributed by atoms with Gasteiger partial charge in [0.05, 0.1) is 38.1 Å². The summed E-state index contributed by atoms with van der Waals surface area (Å²) in [6.07, 6.45) is 4.28. The Morgan fingerprint density at radius 3 is 2.55 bits per heavy atom. The van der Waals surface area contributed by atoms with E-state index in [1.807, 2.05) is 31.2 Å². The molecule has 3 aliphatic heterocycles. The summed E-state index contributed by atoms with van der Waals surface area (Å²) in [6.45, 7) is 3.08. The highest BCUT2D eigenvalue weighted by atomic mass is 32.2. The molecule has 0 radical (unpaired) electrons. The van der Waals surface area contributed by atoms with Crippen LogP contribution in [0.3, 0.4) is 0 Å². The molecular formula is C27H31N5O7S. The summed E-state index contributed by atoms with van der Waals surface area (Å²) in [5.74, 6) is -1.81. The molecule has 212 valence electrons. The van der Waals surface area contributed by atoms with E-state index in [0.29, 0.717) is 42.4 Å². The lowest BCUT2D eigenvalue weighted by molar-refractivity contribution is -0.153. The van der Waals surface area contributed by atoms with Gasteiger partial charge in [-0.3, -0.25) is 4.79 Å². The number of methoxy groups -OCH3 is 1. The zero-order valence-corrected chi connectivity index (χ0v) is 23.1. The number of carboxylic acid groups (broad SMARTS) is 1. The van der Waals surface area contributed by atoms with Crippen molar-refractivity contribution in [3.05, 3.63) is 47.8 Å². The third-order valence-corrected chi connectivity index (χ3v) is 9.55. The van der Waals surface area contributed by atoms with E-state index < -0.39 is 40.8 Å². The minimum absolute atomic E-state index is 0.0918. The molecule has 1 aromatic heterocycles. The Kier molecular flexibility index (Phi) is 7.05. The summed E-state index contributed by atoms with van der Waals surface area (Å²) in [6, 6.07) is 6.87. The van der Waals surface area contributed by atoms with E-state index in [1.54, 1.807) is 24.4 Å². The van der Waals surface area contributed by atoms with Crippen molar-refractivity contribution in [1.82, 2.24) is 24.8 Å². The van der Waals surface area contributed by atoms with Crippen molar-refractivity contribution in [2.45, 2.75) is 55.7 Å². The summed E-state index contributed by atoms with van der Waals surface area (Å²) in [4.78, 5) is 44.4. The molecule has 2 saturated heterocycles. The van der Waals surface area contributed by atoms with Crippen molar-refractivity contribution < 1.29 is 33.7 Å². The lowest BCUT2D eigenvalue weighted by atomic mass is 9.94. The smallest absolute Gasteiger partial charge is 0.330 e. The van der Waals surface area contributed by atoms with Crippen molar-refractivity contribution in [2.75, 3.05) is 26.9 Å². The first-order valence-corrected chi connectivity index (χ1v) is 14.2. The Balaban J connectivity index is 1.40. The number of urea groups is 1. The zero-order valence-electron chi connectivity index (χ0n) is 22.3. The van der Waals surface area contributed by atoms with E-state index >= 15 is 0 Å². The van der Waals surface area contributed by atoms with E-state index in [2.05, 4.69) is 10.2 Å². The SMILES string of the molecule is COc1ccccc1[C@H](CN1C(=O)N(C2(C(=O)O)CC2)C(=O)C2C(C)=C(n3nccn3)SC21)OC1CCOCC1. The Hall–Kier alpha value is -3.42. The fraction of sp³-hybridized carbons (Fsp3) is 0.519. The summed E-state index contributed by atoms with van der Waals surface area (Å²) in [5, 5.41) is 18.6. The molecular weight excluding hydrogens is 538 g/mol. The summed E-state index contributed by atoms with van der Waals surface area (Å²) < 4.78 is 17.8. The second-order valence-corrected chi connectivity index (χ2v) is 11.5. The standard InChI is InChI=1S/C27H31N5O7S/c1-16-21-22(33)31(27(9-10-27)25(34)35)26(36)30(24(21)40-23(16)32-28-11-12-29-32)15-20(39-17-7-13-38-14-8-17)18-5-3-4-6-19(18)37-2/h3-6,11-12,17,20-21,24H,7-10,13-15H2,1-2H3,(H,34,35)/t20-,21?,24?/m0/s1. The molecule has 3 fully saturated rings. The number of carboxylic acids is 1.